The number of para-hydroxylation sites is 2. The molecule has 0 radical (unpaired) electrons. The molecule has 4 aromatic rings. The van der Waals surface area contributed by atoms with E-state index in [2.05, 4.69) is 5.43 Å². The number of hydrogen-bond acceptors (Lipinski definition) is 7. The lowest BCUT2D eigenvalue weighted by Gasteiger charge is -2.32. The van der Waals surface area contributed by atoms with Gasteiger partial charge in [-0.2, -0.15) is 10.2 Å². The average Bonchev–Trinajstić information content (AvgIpc) is 3.34. The number of ether oxygens (including phenoxy) is 1. The molecular weight excluding hydrogens is 474 g/mol. The molecule has 0 amide bonds. The van der Waals surface area contributed by atoms with Crippen LogP contribution in [0.3, 0.4) is 0 Å². The third kappa shape index (κ3) is 5.57. The molecule has 7 nitrogen and oxygen atoms in total. The number of hydrazone groups is 2. The van der Waals surface area contributed by atoms with Crippen molar-refractivity contribution in [3.63, 3.8) is 0 Å². The summed E-state index contributed by atoms with van der Waals surface area (Å²) < 4.78 is 5.38. The van der Waals surface area contributed by atoms with Crippen molar-refractivity contribution in [2.24, 2.45) is 10.2 Å². The minimum Gasteiger partial charge on any atom is -0.465 e. The summed E-state index contributed by atoms with van der Waals surface area (Å²) in [4.78, 5) is 14.9. The number of nitrogens with one attached hydrogen (secondary N) is 1. The summed E-state index contributed by atoms with van der Waals surface area (Å²) in [6.45, 7) is 2.11. The Kier molecular flexibility index (Phi) is 7.75. The molecule has 1 N–H and O–H groups in total. The van der Waals surface area contributed by atoms with Crippen LogP contribution in [0.1, 0.15) is 18.1 Å². The SMILES string of the molecule is CCOC(=O)CN1C(c2ccccc2)=NN(c2ccccc2)C1C(=NNc1ccccc1)c1ccccc1. The minimum atomic E-state index is -0.532. The average molecular weight is 504 g/mol. The van der Waals surface area contributed by atoms with Gasteiger partial charge in [-0.25, -0.2) is 5.01 Å². The molecule has 0 saturated carbocycles. The van der Waals surface area contributed by atoms with Gasteiger partial charge < -0.3 is 9.64 Å². The van der Waals surface area contributed by atoms with Crippen molar-refractivity contribution in [3.8, 4) is 0 Å². The first-order valence-corrected chi connectivity index (χ1v) is 12.6. The molecule has 0 bridgehead atoms. The fraction of sp³-hybridized carbons (Fsp3) is 0.129. The Morgan fingerprint density at radius 1 is 0.842 bits per heavy atom. The second-order valence-corrected chi connectivity index (χ2v) is 8.62. The van der Waals surface area contributed by atoms with E-state index >= 15 is 0 Å². The molecule has 0 aromatic heterocycles. The molecule has 190 valence electrons. The number of amidine groups is 1. The van der Waals surface area contributed by atoms with E-state index in [0.29, 0.717) is 18.2 Å². The summed E-state index contributed by atoms with van der Waals surface area (Å²) >= 11 is 0. The maximum absolute atomic E-state index is 12.9. The number of rotatable bonds is 9. The van der Waals surface area contributed by atoms with E-state index in [1.54, 1.807) is 0 Å². The van der Waals surface area contributed by atoms with Gasteiger partial charge in [-0.05, 0) is 31.2 Å². The number of hydrogen-bond donors (Lipinski definition) is 1. The monoisotopic (exact) mass is 503 g/mol. The summed E-state index contributed by atoms with van der Waals surface area (Å²) in [7, 11) is 0. The van der Waals surface area contributed by atoms with Gasteiger partial charge in [-0.3, -0.25) is 10.2 Å². The number of anilines is 2. The third-order valence-corrected chi connectivity index (χ3v) is 6.05. The van der Waals surface area contributed by atoms with Gasteiger partial charge in [0.1, 0.15) is 12.3 Å². The van der Waals surface area contributed by atoms with Gasteiger partial charge in [0.05, 0.1) is 18.0 Å². The van der Waals surface area contributed by atoms with Crippen LogP contribution < -0.4 is 10.4 Å². The van der Waals surface area contributed by atoms with E-state index in [4.69, 9.17) is 14.9 Å². The normalized spacial score (nSPS) is 15.2. The van der Waals surface area contributed by atoms with Crippen LogP contribution in [0, 0.1) is 0 Å². The molecule has 1 aliphatic rings. The van der Waals surface area contributed by atoms with Crippen molar-refractivity contribution in [2.75, 3.05) is 23.6 Å². The zero-order chi connectivity index (χ0) is 26.2. The molecule has 0 fully saturated rings. The van der Waals surface area contributed by atoms with Gasteiger partial charge >= 0.3 is 5.97 Å². The Balaban J connectivity index is 1.67. The molecule has 1 aliphatic heterocycles. The van der Waals surface area contributed by atoms with Crippen LogP contribution in [-0.4, -0.2) is 41.7 Å². The fourth-order valence-electron chi connectivity index (χ4n) is 4.34. The fourth-order valence-corrected chi connectivity index (χ4v) is 4.34. The Bertz CT molecular complexity index is 1390. The number of carbonyl (C=O) groups excluding carboxylic acids is 1. The first-order valence-electron chi connectivity index (χ1n) is 12.6. The highest BCUT2D eigenvalue weighted by molar-refractivity contribution is 6.12. The maximum Gasteiger partial charge on any atom is 0.325 e. The Morgan fingerprint density at radius 2 is 1.42 bits per heavy atom. The van der Waals surface area contributed by atoms with Gasteiger partial charge in [0.2, 0.25) is 0 Å². The molecule has 38 heavy (non-hydrogen) atoms. The maximum atomic E-state index is 12.9. The van der Waals surface area contributed by atoms with E-state index < -0.39 is 6.17 Å². The largest absolute Gasteiger partial charge is 0.465 e. The molecule has 4 aromatic carbocycles. The number of benzene rings is 4. The molecule has 0 aliphatic carbocycles. The van der Waals surface area contributed by atoms with Crippen molar-refractivity contribution in [2.45, 2.75) is 13.1 Å². The Labute approximate surface area is 222 Å². The summed E-state index contributed by atoms with van der Waals surface area (Å²) in [5, 5.41) is 11.9. The second kappa shape index (κ2) is 11.9. The minimum absolute atomic E-state index is 0.00670. The number of carbonyl (C=O) groups is 1. The van der Waals surface area contributed by atoms with Crippen LogP contribution in [0.15, 0.2) is 132 Å². The smallest absolute Gasteiger partial charge is 0.325 e. The van der Waals surface area contributed by atoms with Crippen LogP contribution in [0.25, 0.3) is 0 Å². The topological polar surface area (TPSA) is 69.5 Å². The van der Waals surface area contributed by atoms with E-state index in [9.17, 15) is 4.79 Å². The van der Waals surface area contributed by atoms with E-state index in [1.807, 2.05) is 138 Å². The van der Waals surface area contributed by atoms with Crippen LogP contribution in [-0.2, 0) is 9.53 Å². The van der Waals surface area contributed by atoms with Crippen molar-refractivity contribution in [1.82, 2.24) is 4.90 Å². The van der Waals surface area contributed by atoms with E-state index in [1.165, 1.54) is 0 Å². The lowest BCUT2D eigenvalue weighted by atomic mass is 10.1. The standard InChI is InChI=1S/C31H29N5O2/c1-2-38-28(37)23-35-30(25-17-9-4-10-18-25)34-36(27-21-13-6-14-22-27)31(35)29(24-15-7-3-8-16-24)33-32-26-19-11-5-12-20-26/h3-22,31-32H,2,23H2,1H3. The highest BCUT2D eigenvalue weighted by atomic mass is 16.5. The summed E-state index contributed by atoms with van der Waals surface area (Å²) in [6, 6.07) is 39.5. The predicted molar refractivity (Wildman–Crippen MR) is 152 cm³/mol. The van der Waals surface area contributed by atoms with Gasteiger partial charge in [-0.1, -0.05) is 97.1 Å². The zero-order valence-electron chi connectivity index (χ0n) is 21.1. The first kappa shape index (κ1) is 24.8. The molecule has 0 saturated heterocycles. The first-order chi connectivity index (χ1) is 18.7. The molecule has 0 spiro atoms. The second-order valence-electron chi connectivity index (χ2n) is 8.62. The lowest BCUT2D eigenvalue weighted by molar-refractivity contribution is -0.143. The van der Waals surface area contributed by atoms with Crippen LogP contribution >= 0.6 is 0 Å². The molecule has 7 heteroatoms. The highest BCUT2D eigenvalue weighted by Crippen LogP contribution is 2.30. The third-order valence-electron chi connectivity index (χ3n) is 6.05. The lowest BCUT2D eigenvalue weighted by Crippen LogP contribution is -2.50. The summed E-state index contributed by atoms with van der Waals surface area (Å²) in [6.07, 6.45) is -0.532. The Morgan fingerprint density at radius 3 is 2.05 bits per heavy atom. The van der Waals surface area contributed by atoms with Gasteiger partial charge in [0.25, 0.3) is 0 Å². The van der Waals surface area contributed by atoms with Crippen LogP contribution in [0.2, 0.25) is 0 Å². The van der Waals surface area contributed by atoms with Gasteiger partial charge in [0.15, 0.2) is 12.0 Å². The van der Waals surface area contributed by atoms with Crippen molar-refractivity contribution in [1.29, 1.82) is 0 Å². The summed E-state index contributed by atoms with van der Waals surface area (Å²) in [5.41, 5.74) is 7.44. The van der Waals surface area contributed by atoms with E-state index in [0.717, 1.165) is 22.5 Å². The van der Waals surface area contributed by atoms with E-state index in [-0.39, 0.29) is 12.5 Å². The predicted octanol–water partition coefficient (Wildman–Crippen LogP) is 5.58. The highest BCUT2D eigenvalue weighted by Gasteiger charge is 2.41. The van der Waals surface area contributed by atoms with Crippen molar-refractivity contribution in [3.05, 3.63) is 132 Å². The quantitative estimate of drug-likeness (QED) is 0.184. The number of nitrogens with zero attached hydrogens (tertiary/aromatic N) is 4. The van der Waals surface area contributed by atoms with Gasteiger partial charge in [-0.15, -0.1) is 0 Å². The van der Waals surface area contributed by atoms with Crippen LogP contribution in [0.5, 0.6) is 0 Å². The molecule has 5 rings (SSSR count). The molecule has 1 heterocycles. The number of esters is 1. The molecule has 1 atom stereocenters. The van der Waals surface area contributed by atoms with Crippen molar-refractivity contribution < 1.29 is 9.53 Å². The van der Waals surface area contributed by atoms with Gasteiger partial charge in [0, 0.05) is 11.1 Å². The molecule has 1 unspecified atom stereocenters. The Hall–Kier alpha value is -4.91. The van der Waals surface area contributed by atoms with Crippen LogP contribution in [0.4, 0.5) is 11.4 Å². The summed E-state index contributed by atoms with van der Waals surface area (Å²) in [5.74, 6) is 0.329. The zero-order valence-corrected chi connectivity index (χ0v) is 21.1. The molecular formula is C31H29N5O2. The van der Waals surface area contributed by atoms with Crippen molar-refractivity contribution >= 4 is 28.9 Å².